The van der Waals surface area contributed by atoms with Crippen LogP contribution in [0.15, 0.2) is 24.3 Å². The Balaban J connectivity index is 1.85. The molecule has 1 atom stereocenters. The van der Waals surface area contributed by atoms with Gasteiger partial charge in [-0.15, -0.1) is 0 Å². The van der Waals surface area contributed by atoms with E-state index in [4.69, 9.17) is 0 Å². The summed E-state index contributed by atoms with van der Waals surface area (Å²) in [5.74, 6) is 1.68. The Morgan fingerprint density at radius 2 is 1.67 bits per heavy atom. The van der Waals surface area contributed by atoms with Crippen LogP contribution < -0.4 is 5.32 Å². The molecule has 2 aliphatic rings. The van der Waals surface area contributed by atoms with Gasteiger partial charge >= 0.3 is 0 Å². The maximum atomic E-state index is 3.84. The van der Waals surface area contributed by atoms with Crippen molar-refractivity contribution in [1.82, 2.24) is 5.32 Å². The smallest absolute Gasteiger partial charge is 0.0351 e. The third-order valence-corrected chi connectivity index (χ3v) is 5.67. The molecule has 2 aliphatic carbocycles. The van der Waals surface area contributed by atoms with Gasteiger partial charge in [-0.2, -0.15) is 0 Å². The lowest BCUT2D eigenvalue weighted by Gasteiger charge is -2.34. The first-order valence-corrected chi connectivity index (χ1v) is 9.22. The average Bonchev–Trinajstić information content (AvgIpc) is 2.73. The van der Waals surface area contributed by atoms with Crippen molar-refractivity contribution in [2.75, 3.05) is 6.54 Å². The molecular weight excluding hydrogens is 254 g/mol. The maximum Gasteiger partial charge on any atom is 0.0351 e. The van der Waals surface area contributed by atoms with Crippen LogP contribution in [0, 0.1) is 5.92 Å². The largest absolute Gasteiger partial charge is 0.310 e. The zero-order valence-electron chi connectivity index (χ0n) is 13.6. The highest BCUT2D eigenvalue weighted by molar-refractivity contribution is 5.34. The van der Waals surface area contributed by atoms with E-state index < -0.39 is 0 Å². The van der Waals surface area contributed by atoms with E-state index in [2.05, 4.69) is 36.5 Å². The third kappa shape index (κ3) is 3.51. The molecule has 0 bridgehead atoms. The van der Waals surface area contributed by atoms with Gasteiger partial charge in [-0.1, -0.05) is 63.3 Å². The minimum absolute atomic E-state index is 0.588. The molecule has 0 aliphatic heterocycles. The van der Waals surface area contributed by atoms with Gasteiger partial charge < -0.3 is 5.32 Å². The minimum atomic E-state index is 0.588. The summed E-state index contributed by atoms with van der Waals surface area (Å²) in [6.45, 7) is 3.34. The molecule has 2 saturated carbocycles. The lowest BCUT2D eigenvalue weighted by Crippen LogP contribution is -2.30. The first-order valence-electron chi connectivity index (χ1n) is 9.22. The molecule has 0 saturated heterocycles. The van der Waals surface area contributed by atoms with Gasteiger partial charge in [0.15, 0.2) is 0 Å². The van der Waals surface area contributed by atoms with E-state index in [1.54, 1.807) is 11.1 Å². The summed E-state index contributed by atoms with van der Waals surface area (Å²) in [5, 5.41) is 3.84. The third-order valence-electron chi connectivity index (χ3n) is 5.67. The van der Waals surface area contributed by atoms with Crippen molar-refractivity contribution in [3.8, 4) is 0 Å². The molecule has 0 radical (unpaired) electrons. The second kappa shape index (κ2) is 7.45. The molecule has 116 valence electrons. The van der Waals surface area contributed by atoms with Crippen molar-refractivity contribution in [3.05, 3.63) is 35.4 Å². The Morgan fingerprint density at radius 3 is 2.29 bits per heavy atom. The standard InChI is InChI=1S/C20H31N/c1-2-21-20(17-10-5-3-4-6-11-17)19-15-8-7-14-18(19)16-12-9-13-16/h7-8,14-17,20-21H,2-6,9-13H2,1H3. The van der Waals surface area contributed by atoms with E-state index in [1.165, 1.54) is 57.8 Å². The molecule has 1 aromatic carbocycles. The number of hydrogen-bond donors (Lipinski definition) is 1. The van der Waals surface area contributed by atoms with Gasteiger partial charge in [-0.05, 0) is 55.2 Å². The summed E-state index contributed by atoms with van der Waals surface area (Å²) in [6.07, 6.45) is 12.8. The monoisotopic (exact) mass is 285 g/mol. The van der Waals surface area contributed by atoms with Crippen LogP contribution in [-0.4, -0.2) is 6.54 Å². The molecule has 0 spiro atoms. The van der Waals surface area contributed by atoms with E-state index in [0.29, 0.717) is 6.04 Å². The lowest BCUT2D eigenvalue weighted by atomic mass is 9.75. The molecule has 2 fully saturated rings. The van der Waals surface area contributed by atoms with Crippen molar-refractivity contribution in [3.63, 3.8) is 0 Å². The highest BCUT2D eigenvalue weighted by Gasteiger charge is 2.29. The summed E-state index contributed by atoms with van der Waals surface area (Å²) in [4.78, 5) is 0. The lowest BCUT2D eigenvalue weighted by molar-refractivity contribution is 0.323. The quantitative estimate of drug-likeness (QED) is 0.697. The number of hydrogen-bond acceptors (Lipinski definition) is 1. The minimum Gasteiger partial charge on any atom is -0.310 e. The van der Waals surface area contributed by atoms with Crippen molar-refractivity contribution in [1.29, 1.82) is 0 Å². The van der Waals surface area contributed by atoms with Gasteiger partial charge in [0, 0.05) is 6.04 Å². The maximum absolute atomic E-state index is 3.84. The van der Waals surface area contributed by atoms with Crippen molar-refractivity contribution in [2.24, 2.45) is 5.92 Å². The number of benzene rings is 1. The normalized spacial score (nSPS) is 22.5. The summed E-state index contributed by atoms with van der Waals surface area (Å²) in [6, 6.07) is 9.89. The summed E-state index contributed by atoms with van der Waals surface area (Å²) in [7, 11) is 0. The van der Waals surface area contributed by atoms with E-state index in [-0.39, 0.29) is 0 Å². The van der Waals surface area contributed by atoms with Crippen molar-refractivity contribution >= 4 is 0 Å². The summed E-state index contributed by atoms with van der Waals surface area (Å²) >= 11 is 0. The topological polar surface area (TPSA) is 12.0 Å². The molecular formula is C20H31N. The fraction of sp³-hybridized carbons (Fsp3) is 0.700. The van der Waals surface area contributed by atoms with Crippen LogP contribution in [0.3, 0.4) is 0 Å². The summed E-state index contributed by atoms with van der Waals surface area (Å²) < 4.78 is 0. The van der Waals surface area contributed by atoms with Crippen LogP contribution in [0.1, 0.15) is 87.8 Å². The van der Waals surface area contributed by atoms with Crippen LogP contribution in [-0.2, 0) is 0 Å². The van der Waals surface area contributed by atoms with Crippen molar-refractivity contribution < 1.29 is 0 Å². The Morgan fingerprint density at radius 1 is 0.952 bits per heavy atom. The Bertz CT molecular complexity index is 427. The SMILES string of the molecule is CCNC(c1ccccc1C1CCC1)C1CCCCCC1. The van der Waals surface area contributed by atoms with Gasteiger partial charge in [0.25, 0.3) is 0 Å². The second-order valence-electron chi connectivity index (χ2n) is 7.04. The first kappa shape index (κ1) is 15.1. The average molecular weight is 285 g/mol. The van der Waals surface area contributed by atoms with Crippen LogP contribution >= 0.6 is 0 Å². The van der Waals surface area contributed by atoms with Gasteiger partial charge in [0.2, 0.25) is 0 Å². The second-order valence-corrected chi connectivity index (χ2v) is 7.04. The zero-order chi connectivity index (χ0) is 14.5. The van der Waals surface area contributed by atoms with E-state index >= 15 is 0 Å². The molecule has 1 aromatic rings. The molecule has 1 nitrogen and oxygen atoms in total. The van der Waals surface area contributed by atoms with E-state index in [0.717, 1.165) is 18.4 Å². The molecule has 3 rings (SSSR count). The van der Waals surface area contributed by atoms with Gasteiger partial charge in [-0.3, -0.25) is 0 Å². The molecule has 1 heteroatoms. The predicted molar refractivity (Wildman–Crippen MR) is 90.6 cm³/mol. The molecule has 0 amide bonds. The molecule has 1 unspecified atom stereocenters. The first-order chi connectivity index (χ1) is 10.4. The number of rotatable bonds is 5. The Labute approximate surface area is 130 Å². The zero-order valence-corrected chi connectivity index (χ0v) is 13.6. The Hall–Kier alpha value is -0.820. The van der Waals surface area contributed by atoms with Crippen LogP contribution in [0.4, 0.5) is 0 Å². The van der Waals surface area contributed by atoms with Crippen molar-refractivity contribution in [2.45, 2.75) is 76.7 Å². The molecule has 0 heterocycles. The number of nitrogens with one attached hydrogen (secondary N) is 1. The van der Waals surface area contributed by atoms with Crippen LogP contribution in [0.5, 0.6) is 0 Å². The van der Waals surface area contributed by atoms with Gasteiger partial charge in [-0.25, -0.2) is 0 Å². The van der Waals surface area contributed by atoms with Crippen LogP contribution in [0.2, 0.25) is 0 Å². The fourth-order valence-corrected chi connectivity index (χ4v) is 4.28. The van der Waals surface area contributed by atoms with Crippen LogP contribution in [0.25, 0.3) is 0 Å². The fourth-order valence-electron chi connectivity index (χ4n) is 4.28. The molecule has 1 N–H and O–H groups in total. The van der Waals surface area contributed by atoms with E-state index in [1.807, 2.05) is 0 Å². The van der Waals surface area contributed by atoms with E-state index in [9.17, 15) is 0 Å². The predicted octanol–water partition coefficient (Wildman–Crippen LogP) is 5.58. The highest BCUT2D eigenvalue weighted by atomic mass is 14.9. The Kier molecular flexibility index (Phi) is 5.35. The molecule has 21 heavy (non-hydrogen) atoms. The van der Waals surface area contributed by atoms with Gasteiger partial charge in [0.1, 0.15) is 0 Å². The summed E-state index contributed by atoms with van der Waals surface area (Å²) in [5.41, 5.74) is 3.27. The van der Waals surface area contributed by atoms with Gasteiger partial charge in [0.05, 0.1) is 0 Å². The highest BCUT2D eigenvalue weighted by Crippen LogP contribution is 2.42. The molecule has 0 aromatic heterocycles.